The highest BCUT2D eigenvalue weighted by Crippen LogP contribution is 2.39. The van der Waals surface area contributed by atoms with Gasteiger partial charge < -0.3 is 4.90 Å². The number of halogens is 2. The van der Waals surface area contributed by atoms with Gasteiger partial charge >= 0.3 is 0 Å². The Labute approximate surface area is 157 Å². The van der Waals surface area contributed by atoms with Crippen LogP contribution >= 0.6 is 0 Å². The van der Waals surface area contributed by atoms with Crippen LogP contribution in [0.5, 0.6) is 0 Å². The van der Waals surface area contributed by atoms with E-state index in [9.17, 15) is 13.6 Å². The predicted octanol–water partition coefficient (Wildman–Crippen LogP) is 2.88. The fourth-order valence-corrected chi connectivity index (χ4v) is 4.35. The Balaban J connectivity index is 1.42. The van der Waals surface area contributed by atoms with Gasteiger partial charge in [0.1, 0.15) is 5.69 Å². The molecule has 142 valence electrons. The highest BCUT2D eigenvalue weighted by molar-refractivity contribution is 5.92. The first-order chi connectivity index (χ1) is 13.0. The largest absolute Gasteiger partial charge is 0.337 e. The summed E-state index contributed by atoms with van der Waals surface area (Å²) in [6.45, 7) is 3.80. The topological polar surface area (TPSA) is 49.3 Å². The molecule has 1 atom stereocenters. The van der Waals surface area contributed by atoms with Gasteiger partial charge in [0.05, 0.1) is 6.20 Å². The number of carbonyl (C=O) groups excluding carboxylic acids is 1. The quantitative estimate of drug-likeness (QED) is 0.831. The van der Waals surface area contributed by atoms with Crippen molar-refractivity contribution >= 4 is 5.91 Å². The van der Waals surface area contributed by atoms with Crippen molar-refractivity contribution in [2.24, 2.45) is 5.41 Å². The highest BCUT2D eigenvalue weighted by Gasteiger charge is 2.43. The number of aromatic nitrogens is 2. The van der Waals surface area contributed by atoms with Gasteiger partial charge in [0, 0.05) is 44.0 Å². The second-order valence-electron chi connectivity index (χ2n) is 7.63. The summed E-state index contributed by atoms with van der Waals surface area (Å²) in [4.78, 5) is 24.9. The van der Waals surface area contributed by atoms with Crippen molar-refractivity contribution in [1.82, 2.24) is 19.8 Å². The van der Waals surface area contributed by atoms with Crippen LogP contribution in [0.1, 0.15) is 35.3 Å². The van der Waals surface area contributed by atoms with Gasteiger partial charge in [-0.15, -0.1) is 0 Å². The maximum atomic E-state index is 13.5. The first-order valence-corrected chi connectivity index (χ1v) is 9.26. The summed E-state index contributed by atoms with van der Waals surface area (Å²) < 4.78 is 26.6. The molecule has 3 heterocycles. The van der Waals surface area contributed by atoms with Crippen LogP contribution < -0.4 is 0 Å². The van der Waals surface area contributed by atoms with Crippen LogP contribution in [-0.4, -0.2) is 51.9 Å². The number of amides is 1. The second-order valence-corrected chi connectivity index (χ2v) is 7.63. The number of piperidine rings is 1. The van der Waals surface area contributed by atoms with Crippen LogP contribution in [0, 0.1) is 17.0 Å². The van der Waals surface area contributed by atoms with Crippen molar-refractivity contribution in [3.05, 3.63) is 59.7 Å². The summed E-state index contributed by atoms with van der Waals surface area (Å²) in [6.07, 6.45) is 7.65. The Kier molecular flexibility index (Phi) is 4.86. The molecule has 0 unspecified atom stereocenters. The van der Waals surface area contributed by atoms with Gasteiger partial charge in [-0.3, -0.25) is 14.7 Å². The molecule has 2 saturated heterocycles. The van der Waals surface area contributed by atoms with Crippen molar-refractivity contribution in [3.63, 3.8) is 0 Å². The monoisotopic (exact) mass is 372 g/mol. The lowest BCUT2D eigenvalue weighted by Gasteiger charge is -2.40. The molecule has 1 aromatic carbocycles. The Morgan fingerprint density at radius 2 is 2.00 bits per heavy atom. The minimum atomic E-state index is -0.817. The van der Waals surface area contributed by atoms with Gasteiger partial charge in [0.2, 0.25) is 0 Å². The Morgan fingerprint density at radius 1 is 1.11 bits per heavy atom. The molecule has 7 heteroatoms. The average Bonchev–Trinajstić information content (AvgIpc) is 3.08. The van der Waals surface area contributed by atoms with Gasteiger partial charge in [-0.05, 0) is 43.5 Å². The SMILES string of the molecule is O=C(c1cnccn1)N1CC[C@@]2(CCCN(Cc3ccc(F)c(F)c3)C2)C1. The van der Waals surface area contributed by atoms with Crippen molar-refractivity contribution in [1.29, 1.82) is 0 Å². The van der Waals surface area contributed by atoms with E-state index in [1.54, 1.807) is 12.3 Å². The van der Waals surface area contributed by atoms with Gasteiger partial charge in [-0.2, -0.15) is 0 Å². The zero-order valence-corrected chi connectivity index (χ0v) is 15.1. The molecule has 2 aromatic rings. The van der Waals surface area contributed by atoms with Gasteiger partial charge in [-0.25, -0.2) is 13.8 Å². The lowest BCUT2D eigenvalue weighted by atomic mass is 9.79. The van der Waals surface area contributed by atoms with E-state index in [2.05, 4.69) is 14.9 Å². The van der Waals surface area contributed by atoms with Gasteiger partial charge in [0.25, 0.3) is 5.91 Å². The third-order valence-electron chi connectivity index (χ3n) is 5.64. The molecule has 0 radical (unpaired) electrons. The number of hydrogen-bond acceptors (Lipinski definition) is 4. The van der Waals surface area contributed by atoms with Crippen molar-refractivity contribution in [2.75, 3.05) is 26.2 Å². The zero-order chi connectivity index (χ0) is 18.9. The van der Waals surface area contributed by atoms with E-state index in [0.29, 0.717) is 25.3 Å². The summed E-state index contributed by atoms with van der Waals surface area (Å²) in [5.74, 6) is -1.69. The average molecular weight is 372 g/mol. The highest BCUT2D eigenvalue weighted by atomic mass is 19.2. The molecule has 4 rings (SSSR count). The first-order valence-electron chi connectivity index (χ1n) is 9.26. The molecular formula is C20H22F2N4O. The molecule has 2 aliphatic rings. The summed E-state index contributed by atoms with van der Waals surface area (Å²) >= 11 is 0. The molecule has 0 bridgehead atoms. The number of nitrogens with zero attached hydrogens (tertiary/aromatic N) is 4. The molecule has 2 fully saturated rings. The van der Waals surface area contributed by atoms with Crippen LogP contribution in [0.15, 0.2) is 36.8 Å². The van der Waals surface area contributed by atoms with Crippen LogP contribution in [0.25, 0.3) is 0 Å². The van der Waals surface area contributed by atoms with E-state index < -0.39 is 11.6 Å². The molecule has 1 spiro atoms. The summed E-state index contributed by atoms with van der Waals surface area (Å²) in [7, 11) is 0. The smallest absolute Gasteiger partial charge is 0.274 e. The number of hydrogen-bond donors (Lipinski definition) is 0. The summed E-state index contributed by atoms with van der Waals surface area (Å²) in [5, 5.41) is 0. The second kappa shape index (κ2) is 7.31. The normalized spacial score (nSPS) is 23.1. The zero-order valence-electron chi connectivity index (χ0n) is 15.1. The van der Waals surface area contributed by atoms with Crippen LogP contribution in [-0.2, 0) is 6.54 Å². The van der Waals surface area contributed by atoms with Crippen molar-refractivity contribution in [2.45, 2.75) is 25.8 Å². The van der Waals surface area contributed by atoms with Crippen LogP contribution in [0.3, 0.4) is 0 Å². The number of rotatable bonds is 3. The van der Waals surface area contributed by atoms with E-state index >= 15 is 0 Å². The van der Waals surface area contributed by atoms with E-state index in [1.165, 1.54) is 24.5 Å². The maximum absolute atomic E-state index is 13.5. The van der Waals surface area contributed by atoms with E-state index in [4.69, 9.17) is 0 Å². The standard InChI is InChI=1S/C20H22F2N4O/c21-16-3-2-15(10-17(16)22)12-25-8-1-4-20(13-25)5-9-26(14-20)19(27)18-11-23-6-7-24-18/h2-3,6-7,10-11H,1,4-5,8-9,12-14H2/t20-/m1/s1. The lowest BCUT2D eigenvalue weighted by Crippen LogP contribution is -2.45. The Hall–Kier alpha value is -2.41. The fraction of sp³-hybridized carbons (Fsp3) is 0.450. The number of likely N-dealkylation sites (tertiary alicyclic amines) is 2. The van der Waals surface area contributed by atoms with Gasteiger partial charge in [-0.1, -0.05) is 6.07 Å². The maximum Gasteiger partial charge on any atom is 0.274 e. The summed E-state index contributed by atoms with van der Waals surface area (Å²) in [6, 6.07) is 4.09. The molecular weight excluding hydrogens is 350 g/mol. The lowest BCUT2D eigenvalue weighted by molar-refractivity contribution is 0.0670. The summed E-state index contributed by atoms with van der Waals surface area (Å²) in [5.41, 5.74) is 1.22. The number of benzene rings is 1. The van der Waals surface area contributed by atoms with Crippen molar-refractivity contribution < 1.29 is 13.6 Å². The minimum Gasteiger partial charge on any atom is -0.337 e. The van der Waals surface area contributed by atoms with Crippen LogP contribution in [0.4, 0.5) is 8.78 Å². The molecule has 1 amide bonds. The molecule has 0 saturated carbocycles. The predicted molar refractivity (Wildman–Crippen MR) is 95.9 cm³/mol. The van der Waals surface area contributed by atoms with E-state index in [0.717, 1.165) is 37.9 Å². The van der Waals surface area contributed by atoms with E-state index in [1.807, 2.05) is 4.90 Å². The molecule has 2 aliphatic heterocycles. The van der Waals surface area contributed by atoms with E-state index in [-0.39, 0.29) is 11.3 Å². The Morgan fingerprint density at radius 3 is 2.78 bits per heavy atom. The van der Waals surface area contributed by atoms with Gasteiger partial charge in [0.15, 0.2) is 11.6 Å². The number of carbonyl (C=O) groups is 1. The molecule has 1 aromatic heterocycles. The molecule has 27 heavy (non-hydrogen) atoms. The fourth-order valence-electron chi connectivity index (χ4n) is 4.35. The third-order valence-corrected chi connectivity index (χ3v) is 5.64. The Bertz CT molecular complexity index is 832. The molecule has 5 nitrogen and oxygen atoms in total. The van der Waals surface area contributed by atoms with Crippen molar-refractivity contribution in [3.8, 4) is 0 Å². The molecule has 0 N–H and O–H groups in total. The minimum absolute atomic E-state index is 0.0642. The van der Waals surface area contributed by atoms with Crippen LogP contribution in [0.2, 0.25) is 0 Å². The molecule has 0 aliphatic carbocycles. The first kappa shape index (κ1) is 18.0. The third kappa shape index (κ3) is 3.83.